The van der Waals surface area contributed by atoms with Crippen molar-refractivity contribution >= 4 is 33.2 Å². The van der Waals surface area contributed by atoms with E-state index in [9.17, 15) is 9.90 Å². The van der Waals surface area contributed by atoms with E-state index in [1.54, 1.807) is 31.2 Å². The zero-order chi connectivity index (χ0) is 14.9. The number of benzene rings is 2. The third kappa shape index (κ3) is 2.93. The maximum absolute atomic E-state index is 12.2. The summed E-state index contributed by atoms with van der Waals surface area (Å²) in [6, 6.07) is 8.60. The Morgan fingerprint density at radius 2 is 1.95 bits per heavy atom. The molecule has 20 heavy (non-hydrogen) atoms. The maximum Gasteiger partial charge on any atom is 0.257 e. The van der Waals surface area contributed by atoms with Crippen LogP contribution >= 0.6 is 15.9 Å². The summed E-state index contributed by atoms with van der Waals surface area (Å²) in [6.07, 6.45) is 0. The van der Waals surface area contributed by atoms with Crippen LogP contribution in [-0.4, -0.2) is 11.0 Å². The van der Waals surface area contributed by atoms with Crippen molar-refractivity contribution in [3.8, 4) is 5.75 Å². The Bertz CT molecular complexity index is 684. The van der Waals surface area contributed by atoms with Gasteiger partial charge in [-0.25, -0.2) is 0 Å². The Morgan fingerprint density at radius 3 is 2.60 bits per heavy atom. The molecule has 0 aliphatic carbocycles. The lowest BCUT2D eigenvalue weighted by Crippen LogP contribution is -2.14. The summed E-state index contributed by atoms with van der Waals surface area (Å²) in [5.74, 6) is -0.282. The molecule has 0 saturated carbocycles. The second-order valence-corrected chi connectivity index (χ2v) is 5.58. The molecule has 0 bridgehead atoms. The normalized spacial score (nSPS) is 10.3. The summed E-state index contributed by atoms with van der Waals surface area (Å²) in [5.41, 5.74) is 8.62. The minimum absolute atomic E-state index is 0.0691. The molecular weight excluding hydrogens is 320 g/mol. The van der Waals surface area contributed by atoms with Gasteiger partial charge in [-0.05, 0) is 49.2 Å². The number of anilines is 2. The van der Waals surface area contributed by atoms with Crippen LogP contribution in [0.15, 0.2) is 34.8 Å². The van der Waals surface area contributed by atoms with Crippen molar-refractivity contribution in [3.63, 3.8) is 0 Å². The van der Waals surface area contributed by atoms with Crippen LogP contribution in [0.2, 0.25) is 0 Å². The zero-order valence-corrected chi connectivity index (χ0v) is 12.8. The number of hydrogen-bond donors (Lipinski definition) is 3. The van der Waals surface area contributed by atoms with E-state index < -0.39 is 0 Å². The predicted octanol–water partition coefficient (Wildman–Crippen LogP) is 3.61. The van der Waals surface area contributed by atoms with Crippen molar-refractivity contribution in [2.75, 3.05) is 11.1 Å². The third-order valence-electron chi connectivity index (χ3n) is 2.95. The monoisotopic (exact) mass is 334 g/mol. The quantitative estimate of drug-likeness (QED) is 0.580. The van der Waals surface area contributed by atoms with Crippen LogP contribution in [0.4, 0.5) is 11.4 Å². The van der Waals surface area contributed by atoms with Gasteiger partial charge in [0, 0.05) is 10.2 Å². The fourth-order valence-electron chi connectivity index (χ4n) is 1.99. The SMILES string of the molecule is Cc1cc(C)c(O)c(NC(=O)c2ccc(Br)cc2N)c1. The van der Waals surface area contributed by atoms with Crippen molar-refractivity contribution in [3.05, 3.63) is 51.5 Å². The van der Waals surface area contributed by atoms with Crippen LogP contribution < -0.4 is 11.1 Å². The van der Waals surface area contributed by atoms with E-state index in [-0.39, 0.29) is 11.7 Å². The number of phenolic OH excluding ortho intramolecular Hbond substituents is 1. The molecule has 0 fully saturated rings. The molecular formula is C15H15BrN2O2. The lowest BCUT2D eigenvalue weighted by molar-refractivity contribution is 0.102. The molecule has 0 spiro atoms. The van der Waals surface area contributed by atoms with Crippen LogP contribution in [0.25, 0.3) is 0 Å². The van der Waals surface area contributed by atoms with Gasteiger partial charge >= 0.3 is 0 Å². The number of nitrogens with two attached hydrogens (primary N) is 1. The van der Waals surface area contributed by atoms with Gasteiger partial charge in [-0.3, -0.25) is 4.79 Å². The largest absolute Gasteiger partial charge is 0.505 e. The van der Waals surface area contributed by atoms with Crippen molar-refractivity contribution in [1.82, 2.24) is 0 Å². The van der Waals surface area contributed by atoms with Gasteiger partial charge in [0.15, 0.2) is 0 Å². The summed E-state index contributed by atoms with van der Waals surface area (Å²) < 4.78 is 0.806. The van der Waals surface area contributed by atoms with Gasteiger partial charge in [0.05, 0.1) is 11.3 Å². The lowest BCUT2D eigenvalue weighted by Gasteiger charge is -2.12. The van der Waals surface area contributed by atoms with Crippen molar-refractivity contribution < 1.29 is 9.90 Å². The molecule has 1 amide bonds. The Kier molecular flexibility index (Phi) is 3.99. The maximum atomic E-state index is 12.2. The highest BCUT2D eigenvalue weighted by molar-refractivity contribution is 9.10. The van der Waals surface area contributed by atoms with E-state index in [2.05, 4.69) is 21.2 Å². The van der Waals surface area contributed by atoms with Crippen LogP contribution in [0, 0.1) is 13.8 Å². The molecule has 2 rings (SSSR count). The third-order valence-corrected chi connectivity index (χ3v) is 3.44. The number of amides is 1. The summed E-state index contributed by atoms with van der Waals surface area (Å²) in [6.45, 7) is 3.68. The van der Waals surface area contributed by atoms with Crippen molar-refractivity contribution in [2.24, 2.45) is 0 Å². The fourth-order valence-corrected chi connectivity index (χ4v) is 2.36. The highest BCUT2D eigenvalue weighted by atomic mass is 79.9. The highest BCUT2D eigenvalue weighted by Crippen LogP contribution is 2.29. The molecule has 0 aromatic heterocycles. The number of carbonyl (C=O) groups excluding carboxylic acids is 1. The average Bonchev–Trinajstić information content (AvgIpc) is 2.35. The molecule has 104 valence electrons. The van der Waals surface area contributed by atoms with Crippen LogP contribution in [0.1, 0.15) is 21.5 Å². The van der Waals surface area contributed by atoms with E-state index in [4.69, 9.17) is 5.73 Å². The second-order valence-electron chi connectivity index (χ2n) is 4.66. The number of carbonyl (C=O) groups is 1. The number of rotatable bonds is 2. The first-order valence-corrected chi connectivity index (χ1v) is 6.84. The molecule has 0 atom stereocenters. The lowest BCUT2D eigenvalue weighted by atomic mass is 10.1. The van der Waals surface area contributed by atoms with Gasteiger partial charge in [0.1, 0.15) is 5.75 Å². The van der Waals surface area contributed by atoms with Crippen molar-refractivity contribution in [2.45, 2.75) is 13.8 Å². The van der Waals surface area contributed by atoms with E-state index in [0.29, 0.717) is 22.5 Å². The highest BCUT2D eigenvalue weighted by Gasteiger charge is 2.13. The first-order chi connectivity index (χ1) is 9.38. The van der Waals surface area contributed by atoms with Crippen LogP contribution in [0.3, 0.4) is 0 Å². The first kappa shape index (κ1) is 14.4. The molecule has 0 aliphatic heterocycles. The first-order valence-electron chi connectivity index (χ1n) is 6.05. The number of halogens is 1. The molecule has 0 unspecified atom stereocenters. The van der Waals surface area contributed by atoms with Gasteiger partial charge in [-0.2, -0.15) is 0 Å². The van der Waals surface area contributed by atoms with E-state index in [1.807, 2.05) is 13.0 Å². The predicted molar refractivity (Wildman–Crippen MR) is 84.1 cm³/mol. The number of aromatic hydroxyl groups is 1. The number of phenols is 1. The summed E-state index contributed by atoms with van der Waals surface area (Å²) in [4.78, 5) is 12.2. The molecule has 2 aromatic rings. The topological polar surface area (TPSA) is 75.3 Å². The smallest absolute Gasteiger partial charge is 0.257 e. The van der Waals surface area contributed by atoms with Gasteiger partial charge in [0.2, 0.25) is 0 Å². The Balaban J connectivity index is 2.32. The molecule has 4 nitrogen and oxygen atoms in total. The standard InChI is InChI=1S/C15H15BrN2O2/c1-8-5-9(2)14(19)13(6-8)18-15(20)11-4-3-10(16)7-12(11)17/h3-7,19H,17H2,1-2H3,(H,18,20). The average molecular weight is 335 g/mol. The molecule has 0 heterocycles. The Labute approximate surface area is 125 Å². The number of hydrogen-bond acceptors (Lipinski definition) is 3. The molecule has 4 N–H and O–H groups in total. The van der Waals surface area contributed by atoms with Gasteiger partial charge < -0.3 is 16.2 Å². The molecule has 2 aromatic carbocycles. The number of nitrogen functional groups attached to an aromatic ring is 1. The van der Waals surface area contributed by atoms with Crippen LogP contribution in [-0.2, 0) is 0 Å². The summed E-state index contributed by atoms with van der Waals surface area (Å²) >= 11 is 3.29. The molecule has 0 aliphatic rings. The Hall–Kier alpha value is -2.01. The van der Waals surface area contributed by atoms with Crippen LogP contribution in [0.5, 0.6) is 5.75 Å². The molecule has 5 heteroatoms. The molecule has 0 saturated heterocycles. The second kappa shape index (κ2) is 5.54. The molecule has 0 radical (unpaired) electrons. The van der Waals surface area contributed by atoms with E-state index in [1.165, 1.54) is 0 Å². The minimum atomic E-state index is -0.352. The fraction of sp³-hybridized carbons (Fsp3) is 0.133. The summed E-state index contributed by atoms with van der Waals surface area (Å²) in [7, 11) is 0. The van der Waals surface area contributed by atoms with Gasteiger partial charge in [-0.15, -0.1) is 0 Å². The van der Waals surface area contributed by atoms with E-state index in [0.717, 1.165) is 10.0 Å². The Morgan fingerprint density at radius 1 is 1.25 bits per heavy atom. The van der Waals surface area contributed by atoms with Gasteiger partial charge in [-0.1, -0.05) is 22.0 Å². The number of nitrogens with one attached hydrogen (secondary N) is 1. The number of aryl methyl sites for hydroxylation is 2. The van der Waals surface area contributed by atoms with E-state index >= 15 is 0 Å². The zero-order valence-electron chi connectivity index (χ0n) is 11.2. The minimum Gasteiger partial charge on any atom is -0.505 e. The summed E-state index contributed by atoms with van der Waals surface area (Å²) in [5, 5.41) is 12.7. The van der Waals surface area contributed by atoms with Gasteiger partial charge in [0.25, 0.3) is 5.91 Å². The van der Waals surface area contributed by atoms with Crippen molar-refractivity contribution in [1.29, 1.82) is 0 Å².